The van der Waals surface area contributed by atoms with Gasteiger partial charge in [0.05, 0.1) is 28.6 Å². The lowest BCUT2D eigenvalue weighted by Crippen LogP contribution is -2.06. The van der Waals surface area contributed by atoms with Crippen molar-refractivity contribution >= 4 is 22.6 Å². The SMILES string of the molecule is Cc1nn(C)cc1Cn1c(C(C)Cl)nc2cccc(C)c21. The highest BCUT2D eigenvalue weighted by Crippen LogP contribution is 2.27. The number of imidazole rings is 1. The molecule has 0 bridgehead atoms. The molecular weight excluding hydrogens is 284 g/mol. The lowest BCUT2D eigenvalue weighted by molar-refractivity contribution is 0.736. The van der Waals surface area contributed by atoms with Crippen LogP contribution in [0, 0.1) is 13.8 Å². The van der Waals surface area contributed by atoms with Crippen LogP contribution in [0.2, 0.25) is 0 Å². The lowest BCUT2D eigenvalue weighted by atomic mass is 10.2. The van der Waals surface area contributed by atoms with E-state index in [0.717, 1.165) is 29.1 Å². The summed E-state index contributed by atoms with van der Waals surface area (Å²) in [7, 11) is 1.94. The first-order valence-corrected chi connectivity index (χ1v) is 7.50. The number of alkyl halides is 1. The first-order chi connectivity index (χ1) is 9.97. The molecule has 110 valence electrons. The largest absolute Gasteiger partial charge is 0.322 e. The van der Waals surface area contributed by atoms with Crippen molar-refractivity contribution < 1.29 is 0 Å². The van der Waals surface area contributed by atoms with E-state index in [2.05, 4.69) is 28.9 Å². The molecule has 3 aromatic rings. The Bertz CT molecular complexity index is 798. The number of aromatic nitrogens is 4. The standard InChI is InChI=1S/C16H19ClN4/c1-10-6-5-7-14-15(10)21(16(18-14)11(2)17)9-13-8-20(4)19-12(13)3/h5-8,11H,9H2,1-4H3. The molecule has 0 aliphatic rings. The molecule has 5 heteroatoms. The van der Waals surface area contributed by atoms with Crippen molar-refractivity contribution in [3.8, 4) is 0 Å². The van der Waals surface area contributed by atoms with Crippen LogP contribution >= 0.6 is 11.6 Å². The molecule has 0 fully saturated rings. The summed E-state index contributed by atoms with van der Waals surface area (Å²) in [6, 6.07) is 6.18. The Morgan fingerprint density at radius 1 is 1.29 bits per heavy atom. The molecule has 3 rings (SSSR count). The Morgan fingerprint density at radius 2 is 2.05 bits per heavy atom. The van der Waals surface area contributed by atoms with Crippen LogP contribution in [0.1, 0.15) is 34.9 Å². The van der Waals surface area contributed by atoms with Crippen molar-refractivity contribution in [2.75, 3.05) is 0 Å². The zero-order valence-electron chi connectivity index (χ0n) is 12.8. The van der Waals surface area contributed by atoms with Crippen molar-refractivity contribution in [3.63, 3.8) is 0 Å². The normalized spacial score (nSPS) is 13.0. The molecule has 21 heavy (non-hydrogen) atoms. The summed E-state index contributed by atoms with van der Waals surface area (Å²) in [6.45, 7) is 6.85. The first kappa shape index (κ1) is 14.1. The molecule has 0 saturated heterocycles. The fourth-order valence-corrected chi connectivity index (χ4v) is 2.99. The van der Waals surface area contributed by atoms with E-state index in [-0.39, 0.29) is 5.38 Å². The van der Waals surface area contributed by atoms with Crippen molar-refractivity contribution in [3.05, 3.63) is 47.0 Å². The van der Waals surface area contributed by atoms with Crippen molar-refractivity contribution in [1.82, 2.24) is 19.3 Å². The number of benzene rings is 1. The van der Waals surface area contributed by atoms with Gasteiger partial charge < -0.3 is 4.57 Å². The first-order valence-electron chi connectivity index (χ1n) is 7.06. The average Bonchev–Trinajstić information content (AvgIpc) is 2.92. The molecule has 0 aliphatic carbocycles. The third kappa shape index (κ3) is 2.44. The third-order valence-corrected chi connectivity index (χ3v) is 3.99. The number of aryl methyl sites for hydroxylation is 3. The van der Waals surface area contributed by atoms with Crippen LogP contribution in [0.25, 0.3) is 11.0 Å². The van der Waals surface area contributed by atoms with Gasteiger partial charge in [-0.3, -0.25) is 4.68 Å². The zero-order chi connectivity index (χ0) is 15.1. The predicted octanol–water partition coefficient (Wildman–Crippen LogP) is 3.73. The van der Waals surface area contributed by atoms with Crippen LogP contribution in [0.5, 0.6) is 0 Å². The molecule has 2 heterocycles. The monoisotopic (exact) mass is 302 g/mol. The van der Waals surface area contributed by atoms with E-state index in [1.54, 1.807) is 0 Å². The number of fused-ring (bicyclic) bond motifs is 1. The van der Waals surface area contributed by atoms with Gasteiger partial charge in [-0.25, -0.2) is 4.98 Å². The molecule has 1 unspecified atom stereocenters. The van der Waals surface area contributed by atoms with Crippen LogP contribution in [0.4, 0.5) is 0 Å². The van der Waals surface area contributed by atoms with Gasteiger partial charge in [0.2, 0.25) is 0 Å². The molecule has 4 nitrogen and oxygen atoms in total. The Balaban J connectivity index is 2.19. The molecule has 0 amide bonds. The van der Waals surface area contributed by atoms with E-state index < -0.39 is 0 Å². The van der Waals surface area contributed by atoms with Gasteiger partial charge in [-0.05, 0) is 32.4 Å². The number of nitrogens with zero attached hydrogens (tertiary/aromatic N) is 4. The summed E-state index contributed by atoms with van der Waals surface area (Å²) in [4.78, 5) is 4.71. The van der Waals surface area contributed by atoms with Crippen molar-refractivity contribution in [1.29, 1.82) is 0 Å². The van der Waals surface area contributed by atoms with Gasteiger partial charge in [0.15, 0.2) is 0 Å². The van der Waals surface area contributed by atoms with Gasteiger partial charge in [0.1, 0.15) is 5.82 Å². The number of para-hydroxylation sites is 1. The van der Waals surface area contributed by atoms with Gasteiger partial charge in [0.25, 0.3) is 0 Å². The highest BCUT2D eigenvalue weighted by molar-refractivity contribution is 6.20. The molecule has 0 aliphatic heterocycles. The van der Waals surface area contributed by atoms with E-state index in [1.165, 1.54) is 11.1 Å². The minimum atomic E-state index is -0.131. The van der Waals surface area contributed by atoms with Crippen LogP contribution in [0.15, 0.2) is 24.4 Å². The second-order valence-electron chi connectivity index (χ2n) is 5.53. The minimum absolute atomic E-state index is 0.131. The Labute approximate surface area is 129 Å². The van der Waals surface area contributed by atoms with Crippen LogP contribution < -0.4 is 0 Å². The maximum Gasteiger partial charge on any atom is 0.128 e. The molecule has 0 saturated carbocycles. The second kappa shape index (κ2) is 5.19. The number of hydrogen-bond acceptors (Lipinski definition) is 2. The summed E-state index contributed by atoms with van der Waals surface area (Å²) >= 11 is 6.34. The Hall–Kier alpha value is -1.81. The van der Waals surface area contributed by atoms with E-state index in [9.17, 15) is 0 Å². The third-order valence-electron chi connectivity index (χ3n) is 3.80. The zero-order valence-corrected chi connectivity index (χ0v) is 13.5. The van der Waals surface area contributed by atoms with E-state index >= 15 is 0 Å². The number of halogens is 1. The molecular formula is C16H19ClN4. The summed E-state index contributed by atoms with van der Waals surface area (Å²) in [5.41, 5.74) is 5.60. The molecule has 1 atom stereocenters. The van der Waals surface area contributed by atoms with Gasteiger partial charge in [-0.15, -0.1) is 11.6 Å². The maximum atomic E-state index is 6.34. The summed E-state index contributed by atoms with van der Waals surface area (Å²) in [5, 5.41) is 4.29. The van der Waals surface area contributed by atoms with Crippen LogP contribution in [0.3, 0.4) is 0 Å². The molecule has 2 aromatic heterocycles. The van der Waals surface area contributed by atoms with Crippen molar-refractivity contribution in [2.24, 2.45) is 7.05 Å². The summed E-state index contributed by atoms with van der Waals surface area (Å²) in [6.07, 6.45) is 2.06. The quantitative estimate of drug-likeness (QED) is 0.691. The fourth-order valence-electron chi connectivity index (χ4n) is 2.82. The second-order valence-corrected chi connectivity index (χ2v) is 6.18. The molecule has 0 radical (unpaired) electrons. The van der Waals surface area contributed by atoms with E-state index in [0.29, 0.717) is 0 Å². The van der Waals surface area contributed by atoms with Crippen LogP contribution in [-0.4, -0.2) is 19.3 Å². The maximum absolute atomic E-state index is 6.34. The predicted molar refractivity (Wildman–Crippen MR) is 85.8 cm³/mol. The molecule has 0 spiro atoms. The van der Waals surface area contributed by atoms with E-state index in [1.807, 2.05) is 37.7 Å². The fraction of sp³-hybridized carbons (Fsp3) is 0.375. The van der Waals surface area contributed by atoms with Gasteiger partial charge in [-0.1, -0.05) is 12.1 Å². The topological polar surface area (TPSA) is 35.6 Å². The number of rotatable bonds is 3. The molecule has 0 N–H and O–H groups in total. The average molecular weight is 303 g/mol. The van der Waals surface area contributed by atoms with Gasteiger partial charge >= 0.3 is 0 Å². The van der Waals surface area contributed by atoms with Gasteiger partial charge in [-0.2, -0.15) is 5.10 Å². The van der Waals surface area contributed by atoms with E-state index in [4.69, 9.17) is 16.6 Å². The Morgan fingerprint density at radius 3 is 2.67 bits per heavy atom. The highest BCUT2D eigenvalue weighted by atomic mass is 35.5. The number of hydrogen-bond donors (Lipinski definition) is 0. The summed E-state index contributed by atoms with van der Waals surface area (Å²) in [5.74, 6) is 0.907. The molecule has 1 aromatic carbocycles. The smallest absolute Gasteiger partial charge is 0.128 e. The Kier molecular flexibility index (Phi) is 3.49. The van der Waals surface area contributed by atoms with Gasteiger partial charge in [0, 0.05) is 18.8 Å². The minimum Gasteiger partial charge on any atom is -0.322 e. The van der Waals surface area contributed by atoms with Crippen LogP contribution in [-0.2, 0) is 13.6 Å². The summed E-state index contributed by atoms with van der Waals surface area (Å²) < 4.78 is 4.06. The van der Waals surface area contributed by atoms with Crippen molar-refractivity contribution in [2.45, 2.75) is 32.7 Å². The lowest BCUT2D eigenvalue weighted by Gasteiger charge is -2.11. The highest BCUT2D eigenvalue weighted by Gasteiger charge is 2.17.